The molecule has 0 bridgehead atoms. The van der Waals surface area contributed by atoms with E-state index in [1.165, 1.54) is 49.0 Å². The van der Waals surface area contributed by atoms with E-state index in [2.05, 4.69) is 211 Å². The van der Waals surface area contributed by atoms with Gasteiger partial charge in [0.25, 0.3) is 0 Å². The Hall–Kier alpha value is -7.03. The predicted octanol–water partition coefficient (Wildman–Crippen LogP) is 13.7. The highest BCUT2D eigenvalue weighted by atomic mass is 15.1. The Labute approximate surface area is 308 Å². The van der Waals surface area contributed by atoms with Crippen molar-refractivity contribution in [2.75, 3.05) is 0 Å². The van der Waals surface area contributed by atoms with Crippen LogP contribution in [0.1, 0.15) is 0 Å². The minimum absolute atomic E-state index is 0.904. The third kappa shape index (κ3) is 5.32. The van der Waals surface area contributed by atoms with Crippen molar-refractivity contribution >= 4 is 32.3 Å². The second-order valence-electron chi connectivity index (χ2n) is 13.5. The lowest BCUT2D eigenvalue weighted by Gasteiger charge is -2.19. The van der Waals surface area contributed by atoms with Crippen LogP contribution in [0.4, 0.5) is 0 Å². The Kier molecular flexibility index (Phi) is 7.51. The molecule has 10 rings (SSSR count). The maximum absolute atomic E-state index is 5.44. The highest BCUT2D eigenvalue weighted by molar-refractivity contribution is 6.21. The molecule has 0 unspecified atom stereocenters. The van der Waals surface area contributed by atoms with Crippen LogP contribution in [0.3, 0.4) is 0 Å². The van der Waals surface area contributed by atoms with Gasteiger partial charge in [-0.3, -0.25) is 4.57 Å². The van der Waals surface area contributed by atoms with E-state index >= 15 is 0 Å². The van der Waals surface area contributed by atoms with Crippen LogP contribution in [0.2, 0.25) is 0 Å². The molecule has 0 saturated heterocycles. The van der Waals surface area contributed by atoms with Crippen LogP contribution in [-0.2, 0) is 0 Å². The van der Waals surface area contributed by atoms with E-state index in [1.807, 2.05) is 0 Å². The van der Waals surface area contributed by atoms with Gasteiger partial charge in [-0.25, -0.2) is 4.98 Å². The number of aromatic nitrogens is 2. The molecular formula is C51H34N2. The number of nitrogens with zero attached hydrogens (tertiary/aromatic N) is 2. The van der Waals surface area contributed by atoms with Gasteiger partial charge in [0.05, 0.1) is 11.4 Å². The molecule has 2 nitrogen and oxygen atoms in total. The third-order valence-electron chi connectivity index (χ3n) is 10.4. The Morgan fingerprint density at radius 1 is 0.321 bits per heavy atom. The molecule has 0 atom stereocenters. The first-order chi connectivity index (χ1) is 26.3. The van der Waals surface area contributed by atoms with Gasteiger partial charge < -0.3 is 0 Å². The Morgan fingerprint density at radius 2 is 0.792 bits per heavy atom. The second kappa shape index (κ2) is 12.9. The summed E-state index contributed by atoms with van der Waals surface area (Å²) in [6, 6.07) is 74.0. The fraction of sp³-hybridized carbons (Fsp3) is 0. The molecule has 0 aliphatic carbocycles. The van der Waals surface area contributed by atoms with Gasteiger partial charge in [-0.1, -0.05) is 188 Å². The van der Waals surface area contributed by atoms with Crippen molar-refractivity contribution in [1.29, 1.82) is 0 Å². The van der Waals surface area contributed by atoms with E-state index < -0.39 is 0 Å². The second-order valence-corrected chi connectivity index (χ2v) is 13.5. The van der Waals surface area contributed by atoms with Crippen molar-refractivity contribution in [3.63, 3.8) is 0 Å². The van der Waals surface area contributed by atoms with Crippen LogP contribution in [0.5, 0.6) is 0 Å². The standard InChI is InChI=1S/C51H34N2/c1-4-18-36(19-5-1)49-50(37-20-6-2-7-21-37)53(51(52-49)38-22-8-3-9-23-38)42-26-16-25-40(34-42)47-43-27-12-14-29-45(43)48(46-30-15-13-28-44(46)47)41-32-31-35-17-10-11-24-39(35)33-41/h1-34H. The summed E-state index contributed by atoms with van der Waals surface area (Å²) in [5, 5.41) is 7.44. The summed E-state index contributed by atoms with van der Waals surface area (Å²) in [4.78, 5) is 5.44. The van der Waals surface area contributed by atoms with Gasteiger partial charge in [0, 0.05) is 22.4 Å². The number of rotatable bonds is 6. The Bertz CT molecular complexity index is 2870. The van der Waals surface area contributed by atoms with Gasteiger partial charge in [0.15, 0.2) is 0 Å². The molecule has 248 valence electrons. The average Bonchev–Trinajstić information content (AvgIpc) is 3.65. The molecule has 0 fully saturated rings. The van der Waals surface area contributed by atoms with Crippen molar-refractivity contribution in [2.24, 2.45) is 0 Å². The molecule has 1 heterocycles. The number of imidazole rings is 1. The number of hydrogen-bond donors (Lipinski definition) is 0. The van der Waals surface area contributed by atoms with Crippen molar-refractivity contribution in [3.8, 4) is 61.8 Å². The molecular weight excluding hydrogens is 641 g/mol. The quantitative estimate of drug-likeness (QED) is 0.161. The first kappa shape index (κ1) is 30.8. The van der Waals surface area contributed by atoms with E-state index in [4.69, 9.17) is 4.98 Å². The van der Waals surface area contributed by atoms with Crippen LogP contribution >= 0.6 is 0 Å². The van der Waals surface area contributed by atoms with Gasteiger partial charge in [-0.2, -0.15) is 0 Å². The zero-order valence-electron chi connectivity index (χ0n) is 29.0. The normalized spacial score (nSPS) is 11.4. The Morgan fingerprint density at radius 3 is 1.40 bits per heavy atom. The van der Waals surface area contributed by atoms with Gasteiger partial charge in [-0.15, -0.1) is 0 Å². The molecule has 0 aliphatic heterocycles. The van der Waals surface area contributed by atoms with E-state index in [0.29, 0.717) is 0 Å². The molecule has 0 aliphatic rings. The SMILES string of the molecule is c1ccc(-c2nc(-c3ccccc3)n(-c3cccc(-c4c5ccccc5c(-c5ccc6ccccc6c5)c5ccccc45)c3)c2-c2ccccc2)cc1. The third-order valence-corrected chi connectivity index (χ3v) is 10.4. The van der Waals surface area contributed by atoms with Crippen LogP contribution in [0, 0.1) is 0 Å². The van der Waals surface area contributed by atoms with Crippen molar-refractivity contribution in [2.45, 2.75) is 0 Å². The zero-order chi connectivity index (χ0) is 35.1. The fourth-order valence-corrected chi connectivity index (χ4v) is 8.01. The van der Waals surface area contributed by atoms with Gasteiger partial charge in [0.2, 0.25) is 0 Å². The molecule has 10 aromatic rings. The monoisotopic (exact) mass is 674 g/mol. The Balaban J connectivity index is 1.25. The lowest BCUT2D eigenvalue weighted by molar-refractivity contribution is 1.07. The molecule has 1 aromatic heterocycles. The summed E-state index contributed by atoms with van der Waals surface area (Å²) in [6.45, 7) is 0. The molecule has 0 N–H and O–H groups in total. The molecule has 9 aromatic carbocycles. The maximum Gasteiger partial charge on any atom is 0.145 e. The topological polar surface area (TPSA) is 17.8 Å². The fourth-order valence-electron chi connectivity index (χ4n) is 8.01. The van der Waals surface area contributed by atoms with Crippen molar-refractivity contribution in [1.82, 2.24) is 9.55 Å². The highest BCUT2D eigenvalue weighted by Crippen LogP contribution is 2.45. The summed E-state index contributed by atoms with van der Waals surface area (Å²) in [5.41, 5.74) is 11.2. The summed E-state index contributed by atoms with van der Waals surface area (Å²) >= 11 is 0. The molecule has 0 amide bonds. The molecule has 0 radical (unpaired) electrons. The molecule has 53 heavy (non-hydrogen) atoms. The highest BCUT2D eigenvalue weighted by Gasteiger charge is 2.23. The zero-order valence-corrected chi connectivity index (χ0v) is 29.0. The number of fused-ring (bicyclic) bond motifs is 3. The summed E-state index contributed by atoms with van der Waals surface area (Å²) in [7, 11) is 0. The smallest absolute Gasteiger partial charge is 0.145 e. The minimum Gasteiger partial charge on any atom is -0.292 e. The van der Waals surface area contributed by atoms with Crippen LogP contribution in [0.25, 0.3) is 94.2 Å². The molecule has 0 saturated carbocycles. The first-order valence-corrected chi connectivity index (χ1v) is 18.1. The lowest BCUT2D eigenvalue weighted by atomic mass is 9.85. The first-order valence-electron chi connectivity index (χ1n) is 18.1. The average molecular weight is 675 g/mol. The van der Waals surface area contributed by atoms with E-state index in [0.717, 1.165) is 45.2 Å². The largest absolute Gasteiger partial charge is 0.292 e. The summed E-state index contributed by atoms with van der Waals surface area (Å²) in [6.07, 6.45) is 0. The minimum atomic E-state index is 0.904. The molecule has 0 spiro atoms. The van der Waals surface area contributed by atoms with Crippen LogP contribution in [-0.4, -0.2) is 9.55 Å². The maximum atomic E-state index is 5.44. The van der Waals surface area contributed by atoms with E-state index in [-0.39, 0.29) is 0 Å². The number of hydrogen-bond acceptors (Lipinski definition) is 1. The molecule has 2 heteroatoms. The lowest BCUT2D eigenvalue weighted by Crippen LogP contribution is -2.01. The number of benzene rings is 9. The van der Waals surface area contributed by atoms with E-state index in [1.54, 1.807) is 0 Å². The predicted molar refractivity (Wildman–Crippen MR) is 223 cm³/mol. The van der Waals surface area contributed by atoms with Crippen molar-refractivity contribution in [3.05, 3.63) is 206 Å². The van der Waals surface area contributed by atoms with Crippen molar-refractivity contribution < 1.29 is 0 Å². The summed E-state index contributed by atoms with van der Waals surface area (Å²) < 4.78 is 2.35. The van der Waals surface area contributed by atoms with Crippen LogP contribution in [0.15, 0.2) is 206 Å². The van der Waals surface area contributed by atoms with Gasteiger partial charge in [0.1, 0.15) is 5.82 Å². The van der Waals surface area contributed by atoms with Gasteiger partial charge >= 0.3 is 0 Å². The van der Waals surface area contributed by atoms with E-state index in [9.17, 15) is 0 Å². The summed E-state index contributed by atoms with van der Waals surface area (Å²) in [5.74, 6) is 0.904. The van der Waals surface area contributed by atoms with Gasteiger partial charge in [-0.05, 0) is 72.8 Å². The van der Waals surface area contributed by atoms with Crippen LogP contribution < -0.4 is 0 Å².